The summed E-state index contributed by atoms with van der Waals surface area (Å²) in [6, 6.07) is 0. The Morgan fingerprint density at radius 3 is 2.17 bits per heavy atom. The Morgan fingerprint density at radius 2 is 2.17 bits per heavy atom. The molecular weight excluding hydrogens is 80.0 g/mol. The molecule has 0 unspecified atom stereocenters. The molecule has 0 amide bonds. The van der Waals surface area contributed by atoms with Crippen LogP contribution in [0, 0.1) is 0 Å². The number of hydrogen-bond donors (Lipinski definition) is 0. The van der Waals surface area contributed by atoms with Gasteiger partial charge in [-0.15, -0.1) is 0 Å². The van der Waals surface area contributed by atoms with E-state index in [1.165, 1.54) is 0 Å². The van der Waals surface area contributed by atoms with Gasteiger partial charge in [-0.05, 0) is 0 Å². The fourth-order valence-corrected chi connectivity index (χ4v) is 0.572. The van der Waals surface area contributed by atoms with E-state index in [1.807, 2.05) is 0 Å². The molecule has 1 heterocycles. The summed E-state index contributed by atoms with van der Waals surface area (Å²) in [5.74, 6) is 0.0162. The molecule has 2 aliphatic rings. The average molecular weight is 84.1 g/mol. The Kier molecular flexibility index (Phi) is 0.178. The molecule has 1 aliphatic heterocycles. The quantitative estimate of drug-likeness (QED) is 0.389. The van der Waals surface area contributed by atoms with E-state index in [0.29, 0.717) is 0 Å². The van der Waals surface area contributed by atoms with Gasteiger partial charge in [0.2, 0.25) is 5.60 Å². The molecule has 0 aromatic carbocycles. The third-order valence-corrected chi connectivity index (χ3v) is 1.32. The van der Waals surface area contributed by atoms with Crippen molar-refractivity contribution in [2.45, 2.75) is 18.4 Å². The van der Waals surface area contributed by atoms with Crippen molar-refractivity contribution in [1.29, 1.82) is 0 Å². The molecule has 0 radical (unpaired) electrons. The van der Waals surface area contributed by atoms with Gasteiger partial charge in [0, 0.05) is 12.8 Å². The lowest BCUT2D eigenvalue weighted by Gasteiger charge is -1.52. The van der Waals surface area contributed by atoms with Gasteiger partial charge in [0.25, 0.3) is 0 Å². The molecule has 2 rings (SSSR count). The molecule has 2 nitrogen and oxygen atoms in total. The van der Waals surface area contributed by atoms with Crippen molar-refractivity contribution in [3.63, 3.8) is 0 Å². The molecule has 1 saturated heterocycles. The molecule has 0 aromatic rings. The van der Waals surface area contributed by atoms with Crippen molar-refractivity contribution in [2.75, 3.05) is 0 Å². The smallest absolute Gasteiger partial charge is 0.351 e. The van der Waals surface area contributed by atoms with E-state index in [4.69, 9.17) is 0 Å². The molecule has 1 saturated carbocycles. The van der Waals surface area contributed by atoms with Gasteiger partial charge < -0.3 is 4.74 Å². The first kappa shape index (κ1) is 2.61. The average Bonchev–Trinajstić information content (AvgIpc) is 2.25. The van der Waals surface area contributed by atoms with Crippen molar-refractivity contribution in [2.24, 2.45) is 0 Å². The summed E-state index contributed by atoms with van der Waals surface area (Å²) in [7, 11) is 0. The molecule has 1 spiro atoms. The number of ether oxygens (including phenoxy) is 1. The summed E-state index contributed by atoms with van der Waals surface area (Å²) in [5, 5.41) is 0. The predicted molar refractivity (Wildman–Crippen MR) is 18.1 cm³/mol. The van der Waals surface area contributed by atoms with E-state index in [0.717, 1.165) is 12.8 Å². The second kappa shape index (κ2) is 0.409. The fraction of sp³-hybridized carbons (Fsp3) is 0.750. The third-order valence-electron chi connectivity index (χ3n) is 1.32. The monoisotopic (exact) mass is 84.0 g/mol. The SMILES string of the molecule is O=C1OC12CC2. The summed E-state index contributed by atoms with van der Waals surface area (Å²) in [4.78, 5) is 10.0. The summed E-state index contributed by atoms with van der Waals surface area (Å²) >= 11 is 0. The Hall–Kier alpha value is -0.530. The highest BCUT2D eigenvalue weighted by molar-refractivity contribution is 5.96. The van der Waals surface area contributed by atoms with Gasteiger partial charge in [-0.2, -0.15) is 0 Å². The Balaban J connectivity index is 2.36. The van der Waals surface area contributed by atoms with Crippen molar-refractivity contribution in [1.82, 2.24) is 0 Å². The zero-order valence-corrected chi connectivity index (χ0v) is 3.23. The summed E-state index contributed by atoms with van der Waals surface area (Å²) in [6.45, 7) is 0. The van der Waals surface area contributed by atoms with Crippen LogP contribution in [-0.2, 0) is 9.53 Å². The van der Waals surface area contributed by atoms with Gasteiger partial charge in [-0.1, -0.05) is 0 Å². The molecule has 0 atom stereocenters. The van der Waals surface area contributed by atoms with E-state index in [2.05, 4.69) is 4.74 Å². The predicted octanol–water partition coefficient (Wildman–Crippen LogP) is 0.0758. The molecule has 0 bridgehead atoms. The maximum atomic E-state index is 10.0. The lowest BCUT2D eigenvalue weighted by molar-refractivity contribution is -0.117. The van der Waals surface area contributed by atoms with Crippen LogP contribution in [-0.4, -0.2) is 11.6 Å². The number of rotatable bonds is 0. The first-order valence-electron chi connectivity index (χ1n) is 2.07. The Bertz CT molecular complexity index is 113. The van der Waals surface area contributed by atoms with Crippen LogP contribution in [0.4, 0.5) is 0 Å². The maximum absolute atomic E-state index is 10.0. The van der Waals surface area contributed by atoms with Crippen LogP contribution >= 0.6 is 0 Å². The minimum atomic E-state index is -0.181. The van der Waals surface area contributed by atoms with Gasteiger partial charge >= 0.3 is 5.97 Å². The summed E-state index contributed by atoms with van der Waals surface area (Å²) in [5.41, 5.74) is -0.181. The fourth-order valence-electron chi connectivity index (χ4n) is 0.572. The van der Waals surface area contributed by atoms with Gasteiger partial charge in [-0.25, -0.2) is 4.79 Å². The van der Waals surface area contributed by atoms with Crippen LogP contribution in [0.1, 0.15) is 12.8 Å². The standard InChI is InChI=1S/C4H4O2/c5-3-4(6-3)1-2-4/h1-2H2. The van der Waals surface area contributed by atoms with E-state index in [-0.39, 0.29) is 11.6 Å². The third kappa shape index (κ3) is 0.117. The molecule has 0 aromatic heterocycles. The van der Waals surface area contributed by atoms with Gasteiger partial charge in [0.05, 0.1) is 0 Å². The number of carbonyl (C=O) groups excluding carboxylic acids is 1. The van der Waals surface area contributed by atoms with E-state index < -0.39 is 0 Å². The number of carbonyl (C=O) groups is 1. The van der Waals surface area contributed by atoms with Crippen molar-refractivity contribution in [3.05, 3.63) is 0 Å². The van der Waals surface area contributed by atoms with E-state index >= 15 is 0 Å². The molecular formula is C4H4O2. The van der Waals surface area contributed by atoms with E-state index in [9.17, 15) is 4.79 Å². The van der Waals surface area contributed by atoms with Crippen LogP contribution < -0.4 is 0 Å². The topological polar surface area (TPSA) is 29.6 Å². The second-order valence-electron chi connectivity index (χ2n) is 1.88. The van der Waals surface area contributed by atoms with Crippen LogP contribution in [0.5, 0.6) is 0 Å². The highest BCUT2D eigenvalue weighted by atomic mass is 16.7. The Morgan fingerprint density at radius 1 is 1.67 bits per heavy atom. The largest absolute Gasteiger partial charge is 0.444 e. The van der Waals surface area contributed by atoms with Crippen LogP contribution in [0.25, 0.3) is 0 Å². The summed E-state index contributed by atoms with van der Waals surface area (Å²) < 4.78 is 4.58. The van der Waals surface area contributed by atoms with Gasteiger partial charge in [0.15, 0.2) is 0 Å². The van der Waals surface area contributed by atoms with E-state index in [1.54, 1.807) is 0 Å². The van der Waals surface area contributed by atoms with Crippen LogP contribution in [0.3, 0.4) is 0 Å². The first-order valence-corrected chi connectivity index (χ1v) is 2.07. The van der Waals surface area contributed by atoms with Gasteiger partial charge in [-0.3, -0.25) is 0 Å². The Labute approximate surface area is 35.1 Å². The molecule has 0 N–H and O–H groups in total. The summed E-state index contributed by atoms with van der Waals surface area (Å²) in [6.07, 6.45) is 1.96. The van der Waals surface area contributed by atoms with Crippen LogP contribution in [0.15, 0.2) is 0 Å². The normalized spacial score (nSPS) is 33.0. The van der Waals surface area contributed by atoms with Crippen LogP contribution in [0.2, 0.25) is 0 Å². The van der Waals surface area contributed by atoms with Crippen molar-refractivity contribution in [3.8, 4) is 0 Å². The lowest BCUT2D eigenvalue weighted by atomic mass is 10.5. The highest BCUT2D eigenvalue weighted by Crippen LogP contribution is 2.51. The minimum Gasteiger partial charge on any atom is -0.444 e. The molecule has 6 heavy (non-hydrogen) atoms. The lowest BCUT2D eigenvalue weighted by Crippen LogP contribution is -1.77. The molecule has 32 valence electrons. The maximum Gasteiger partial charge on any atom is 0.351 e. The molecule has 2 fully saturated rings. The first-order chi connectivity index (χ1) is 2.83. The van der Waals surface area contributed by atoms with Crippen molar-refractivity contribution < 1.29 is 9.53 Å². The number of epoxide rings is 1. The number of hydrogen-bond acceptors (Lipinski definition) is 2. The van der Waals surface area contributed by atoms with Gasteiger partial charge in [0.1, 0.15) is 0 Å². The van der Waals surface area contributed by atoms with Crippen molar-refractivity contribution >= 4 is 5.97 Å². The molecule has 2 heteroatoms. The minimum absolute atomic E-state index is 0.0162. The molecule has 1 aliphatic carbocycles. The highest BCUT2D eigenvalue weighted by Gasteiger charge is 2.68. The zero-order valence-electron chi connectivity index (χ0n) is 3.23. The zero-order chi connectivity index (χ0) is 4.20. The second-order valence-corrected chi connectivity index (χ2v) is 1.88.